The van der Waals surface area contributed by atoms with Gasteiger partial charge in [0.15, 0.2) is 0 Å². The van der Waals surface area contributed by atoms with Gasteiger partial charge in [-0.1, -0.05) is 31.2 Å². The van der Waals surface area contributed by atoms with Gasteiger partial charge in [-0.3, -0.25) is 4.90 Å². The summed E-state index contributed by atoms with van der Waals surface area (Å²) in [6.07, 6.45) is 4.06. The fourth-order valence-electron chi connectivity index (χ4n) is 5.67. The van der Waals surface area contributed by atoms with Gasteiger partial charge in [0.1, 0.15) is 0 Å². The summed E-state index contributed by atoms with van der Waals surface area (Å²) in [5.74, 6) is 0.388. The second-order valence-electron chi connectivity index (χ2n) is 9.01. The standard InChI is InChI=1S/C23H35N3O3/c1-2-11-24-22(29)26-14-9-23(10-15-26)19-6-4-3-5-18(19)20(21(23)28)25-12-7-17(16-27)8-13-25/h3-6,17,20-21,27-28H,2,7-16H2,1H3,(H,24,29)/t20-,21+/m1/s1. The number of hydrogen-bond donors (Lipinski definition) is 3. The Morgan fingerprint density at radius 2 is 1.86 bits per heavy atom. The molecule has 1 aliphatic carbocycles. The molecule has 2 fully saturated rings. The van der Waals surface area contributed by atoms with Gasteiger partial charge in [-0.25, -0.2) is 4.79 Å². The number of fused-ring (bicyclic) bond motifs is 2. The van der Waals surface area contributed by atoms with Crippen LogP contribution in [0, 0.1) is 5.92 Å². The lowest BCUT2D eigenvalue weighted by molar-refractivity contribution is -0.0232. The predicted octanol–water partition coefficient (Wildman–Crippen LogP) is 2.26. The van der Waals surface area contributed by atoms with Crippen LogP contribution in [0.15, 0.2) is 24.3 Å². The number of benzene rings is 1. The molecule has 3 aliphatic rings. The van der Waals surface area contributed by atoms with E-state index in [0.717, 1.165) is 45.2 Å². The number of nitrogens with one attached hydrogen (secondary N) is 1. The van der Waals surface area contributed by atoms with Crippen molar-refractivity contribution in [1.29, 1.82) is 0 Å². The molecule has 2 amide bonds. The van der Waals surface area contributed by atoms with Crippen LogP contribution >= 0.6 is 0 Å². The molecule has 6 nitrogen and oxygen atoms in total. The van der Waals surface area contributed by atoms with Crippen LogP contribution in [-0.4, -0.2) is 71.5 Å². The molecule has 0 unspecified atom stereocenters. The number of amides is 2. The van der Waals surface area contributed by atoms with Crippen LogP contribution in [-0.2, 0) is 5.41 Å². The average molecular weight is 402 g/mol. The Labute approximate surface area is 173 Å². The maximum Gasteiger partial charge on any atom is 0.317 e. The van der Waals surface area contributed by atoms with Crippen LogP contribution in [0.25, 0.3) is 0 Å². The molecule has 3 N–H and O–H groups in total. The van der Waals surface area contributed by atoms with Gasteiger partial charge in [0.2, 0.25) is 0 Å². The van der Waals surface area contributed by atoms with Crippen molar-refractivity contribution < 1.29 is 15.0 Å². The third kappa shape index (κ3) is 3.66. The average Bonchev–Trinajstić information content (AvgIpc) is 3.01. The number of piperidine rings is 2. The van der Waals surface area contributed by atoms with Crippen molar-refractivity contribution in [3.05, 3.63) is 35.4 Å². The molecule has 1 aromatic carbocycles. The molecule has 0 bridgehead atoms. The molecule has 0 aromatic heterocycles. The van der Waals surface area contributed by atoms with E-state index in [1.165, 1.54) is 11.1 Å². The van der Waals surface area contributed by atoms with Gasteiger partial charge in [0.05, 0.1) is 12.1 Å². The molecule has 2 saturated heterocycles. The van der Waals surface area contributed by atoms with Crippen molar-refractivity contribution in [3.8, 4) is 0 Å². The fraction of sp³-hybridized carbons (Fsp3) is 0.696. The van der Waals surface area contributed by atoms with Gasteiger partial charge in [-0.2, -0.15) is 0 Å². The maximum absolute atomic E-state index is 12.4. The molecule has 160 valence electrons. The predicted molar refractivity (Wildman–Crippen MR) is 113 cm³/mol. The molecular weight excluding hydrogens is 366 g/mol. The maximum atomic E-state index is 12.4. The Morgan fingerprint density at radius 1 is 1.17 bits per heavy atom. The third-order valence-corrected chi connectivity index (χ3v) is 7.45. The molecule has 29 heavy (non-hydrogen) atoms. The molecule has 1 spiro atoms. The molecule has 4 rings (SSSR count). The van der Waals surface area contributed by atoms with E-state index >= 15 is 0 Å². The third-order valence-electron chi connectivity index (χ3n) is 7.45. The first-order valence-corrected chi connectivity index (χ1v) is 11.3. The van der Waals surface area contributed by atoms with E-state index < -0.39 is 6.10 Å². The largest absolute Gasteiger partial charge is 0.396 e. The zero-order valence-electron chi connectivity index (χ0n) is 17.5. The van der Waals surface area contributed by atoms with Gasteiger partial charge in [0.25, 0.3) is 0 Å². The van der Waals surface area contributed by atoms with Crippen LogP contribution in [0.1, 0.15) is 56.2 Å². The van der Waals surface area contributed by atoms with E-state index in [1.54, 1.807) is 0 Å². The Balaban J connectivity index is 1.53. The van der Waals surface area contributed by atoms with Crippen LogP contribution < -0.4 is 5.32 Å². The van der Waals surface area contributed by atoms with E-state index in [4.69, 9.17) is 0 Å². The number of carbonyl (C=O) groups is 1. The lowest BCUT2D eigenvalue weighted by Crippen LogP contribution is -2.53. The highest BCUT2D eigenvalue weighted by atomic mass is 16.3. The first-order valence-electron chi connectivity index (χ1n) is 11.3. The molecule has 2 heterocycles. The molecule has 2 aliphatic heterocycles. The summed E-state index contributed by atoms with van der Waals surface area (Å²) < 4.78 is 0. The molecule has 0 radical (unpaired) electrons. The van der Waals surface area contributed by atoms with E-state index in [9.17, 15) is 15.0 Å². The quantitative estimate of drug-likeness (QED) is 0.723. The number of nitrogens with zero attached hydrogens (tertiary/aromatic N) is 2. The zero-order valence-corrected chi connectivity index (χ0v) is 17.5. The molecule has 1 aromatic rings. The van der Waals surface area contributed by atoms with Crippen LogP contribution in [0.2, 0.25) is 0 Å². The smallest absolute Gasteiger partial charge is 0.317 e. The highest BCUT2D eigenvalue weighted by Gasteiger charge is 2.54. The fourth-order valence-corrected chi connectivity index (χ4v) is 5.67. The van der Waals surface area contributed by atoms with Gasteiger partial charge >= 0.3 is 6.03 Å². The number of likely N-dealkylation sites (tertiary alicyclic amines) is 2. The minimum Gasteiger partial charge on any atom is -0.396 e. The highest BCUT2D eigenvalue weighted by molar-refractivity contribution is 5.74. The van der Waals surface area contributed by atoms with Crippen molar-refractivity contribution in [2.45, 2.75) is 56.6 Å². The van der Waals surface area contributed by atoms with E-state index in [0.29, 0.717) is 25.6 Å². The Kier molecular flexibility index (Phi) is 6.13. The lowest BCUT2D eigenvalue weighted by Gasteiger charge is -2.44. The van der Waals surface area contributed by atoms with Gasteiger partial charge in [-0.05, 0) is 62.2 Å². The number of aliphatic hydroxyl groups is 2. The number of urea groups is 1. The normalized spacial score (nSPS) is 27.2. The summed E-state index contributed by atoms with van der Waals surface area (Å²) in [7, 11) is 0. The summed E-state index contributed by atoms with van der Waals surface area (Å²) in [6, 6.07) is 8.55. The van der Waals surface area contributed by atoms with Crippen LogP contribution in [0.4, 0.5) is 4.79 Å². The van der Waals surface area contributed by atoms with Crippen LogP contribution in [0.3, 0.4) is 0 Å². The summed E-state index contributed by atoms with van der Waals surface area (Å²) in [5, 5.41) is 24.1. The number of aliphatic hydroxyl groups excluding tert-OH is 2. The summed E-state index contributed by atoms with van der Waals surface area (Å²) >= 11 is 0. The van der Waals surface area contributed by atoms with Crippen molar-refractivity contribution in [1.82, 2.24) is 15.1 Å². The Hall–Kier alpha value is -1.63. The minimum atomic E-state index is -0.452. The Bertz CT molecular complexity index is 709. The first-order chi connectivity index (χ1) is 14.1. The van der Waals surface area contributed by atoms with Crippen LogP contribution in [0.5, 0.6) is 0 Å². The second kappa shape index (κ2) is 8.62. The van der Waals surface area contributed by atoms with Gasteiger partial charge < -0.3 is 20.4 Å². The van der Waals surface area contributed by atoms with Crippen molar-refractivity contribution in [3.63, 3.8) is 0 Å². The van der Waals surface area contributed by atoms with Gasteiger partial charge in [-0.15, -0.1) is 0 Å². The van der Waals surface area contributed by atoms with Crippen molar-refractivity contribution >= 4 is 6.03 Å². The van der Waals surface area contributed by atoms with Crippen molar-refractivity contribution in [2.24, 2.45) is 5.92 Å². The highest BCUT2D eigenvalue weighted by Crippen LogP contribution is 2.53. The van der Waals surface area contributed by atoms with E-state index in [2.05, 4.69) is 41.4 Å². The molecule has 2 atom stereocenters. The monoisotopic (exact) mass is 401 g/mol. The van der Waals surface area contributed by atoms with E-state index in [1.807, 2.05) is 4.90 Å². The molecular formula is C23H35N3O3. The summed E-state index contributed by atoms with van der Waals surface area (Å²) in [6.45, 7) is 6.22. The topological polar surface area (TPSA) is 76.0 Å². The SMILES string of the molecule is CCCNC(=O)N1CCC2(CC1)c1ccccc1[C@@H](N1CCC(CO)CC1)[C@@H]2O. The summed E-state index contributed by atoms with van der Waals surface area (Å²) in [5.41, 5.74) is 2.26. The minimum absolute atomic E-state index is 0.0186. The van der Waals surface area contributed by atoms with Crippen molar-refractivity contribution in [2.75, 3.05) is 39.3 Å². The number of hydrogen-bond acceptors (Lipinski definition) is 4. The lowest BCUT2D eigenvalue weighted by atomic mass is 9.72. The Morgan fingerprint density at radius 3 is 2.52 bits per heavy atom. The second-order valence-corrected chi connectivity index (χ2v) is 9.01. The first kappa shape index (κ1) is 20.6. The zero-order chi connectivity index (χ0) is 20.4. The number of carbonyl (C=O) groups excluding carboxylic acids is 1. The molecule has 0 saturated carbocycles. The number of rotatable bonds is 4. The molecule has 6 heteroatoms. The summed E-state index contributed by atoms with van der Waals surface area (Å²) in [4.78, 5) is 16.7. The van der Waals surface area contributed by atoms with Gasteiger partial charge in [0, 0.05) is 31.7 Å². The van der Waals surface area contributed by atoms with E-state index in [-0.39, 0.29) is 24.1 Å².